The normalized spacial score (nSPS) is 13.4. The summed E-state index contributed by atoms with van der Waals surface area (Å²) in [6.07, 6.45) is 0.357. The highest BCUT2D eigenvalue weighted by molar-refractivity contribution is 5.68. The molecule has 1 N–H and O–H groups in total. The van der Waals surface area contributed by atoms with Gasteiger partial charge in [-0.3, -0.25) is 0 Å². The minimum atomic E-state index is -0.502. The third-order valence-electron chi connectivity index (χ3n) is 3.48. The van der Waals surface area contributed by atoms with Crippen molar-refractivity contribution in [3.8, 4) is 0 Å². The number of hydrogen-bond donors (Lipinski definition) is 1. The van der Waals surface area contributed by atoms with Crippen LogP contribution >= 0.6 is 0 Å². The monoisotopic (exact) mass is 291 g/mol. The van der Waals surface area contributed by atoms with Crippen LogP contribution in [0.5, 0.6) is 0 Å². The van der Waals surface area contributed by atoms with Gasteiger partial charge in [0.2, 0.25) is 0 Å². The van der Waals surface area contributed by atoms with Gasteiger partial charge in [-0.25, -0.2) is 4.79 Å². The Morgan fingerprint density at radius 2 is 1.76 bits per heavy atom. The van der Waals surface area contributed by atoms with Crippen molar-refractivity contribution in [1.82, 2.24) is 5.32 Å². The first-order chi connectivity index (χ1) is 9.66. The molecule has 0 saturated heterocycles. The van der Waals surface area contributed by atoms with Crippen LogP contribution in [-0.2, 0) is 14.9 Å². The molecule has 4 nitrogen and oxygen atoms in total. The first-order valence-electron chi connectivity index (χ1n) is 7.12. The van der Waals surface area contributed by atoms with Gasteiger partial charge in [-0.1, -0.05) is 44.2 Å². The molecule has 1 rings (SSSR count). The summed E-state index contributed by atoms with van der Waals surface area (Å²) in [7, 11) is 0. The predicted octanol–water partition coefficient (Wildman–Crippen LogP) is 3.30. The van der Waals surface area contributed by atoms with Crippen molar-refractivity contribution in [3.63, 3.8) is 0 Å². The lowest BCUT2D eigenvalue weighted by molar-refractivity contribution is -0.114. The smallest absolute Gasteiger partial charge is 0.407 e. The molecule has 1 aromatic rings. The maximum Gasteiger partial charge on any atom is 0.407 e. The van der Waals surface area contributed by atoms with E-state index < -0.39 is 17.4 Å². The van der Waals surface area contributed by atoms with Gasteiger partial charge in [0.15, 0.2) is 0 Å². The Labute approximate surface area is 126 Å². The maximum atomic E-state index is 11.7. The summed E-state index contributed by atoms with van der Waals surface area (Å²) in [5.74, 6) is -0.398. The van der Waals surface area contributed by atoms with Gasteiger partial charge in [-0.2, -0.15) is 0 Å². The van der Waals surface area contributed by atoms with Crippen molar-refractivity contribution in [2.24, 2.45) is 5.92 Å². The molecule has 1 atom stereocenters. The van der Waals surface area contributed by atoms with Gasteiger partial charge in [-0.05, 0) is 26.3 Å². The molecule has 0 fully saturated rings. The van der Waals surface area contributed by atoms with E-state index in [9.17, 15) is 9.59 Å². The largest absolute Gasteiger partial charge is 0.449 e. The predicted molar refractivity (Wildman–Crippen MR) is 83.3 cm³/mol. The molecule has 0 bridgehead atoms. The molecule has 0 aliphatic heterocycles. The first kappa shape index (κ1) is 17.2. The Morgan fingerprint density at radius 3 is 2.24 bits per heavy atom. The van der Waals surface area contributed by atoms with E-state index >= 15 is 0 Å². The number of carbonyl (C=O) groups excluding carboxylic acids is 2. The van der Waals surface area contributed by atoms with E-state index in [1.165, 1.54) is 0 Å². The molecule has 1 amide bonds. The number of alkyl carbamates (subject to hydrolysis) is 1. The van der Waals surface area contributed by atoms with E-state index in [0.29, 0.717) is 0 Å². The van der Waals surface area contributed by atoms with Crippen molar-refractivity contribution in [2.75, 3.05) is 6.61 Å². The van der Waals surface area contributed by atoms with Crippen molar-refractivity contribution < 1.29 is 14.3 Å². The Kier molecular flexibility index (Phi) is 5.53. The highest BCUT2D eigenvalue weighted by Crippen LogP contribution is 2.30. The van der Waals surface area contributed by atoms with E-state index in [-0.39, 0.29) is 12.1 Å². The maximum absolute atomic E-state index is 11.7. The quantitative estimate of drug-likeness (QED) is 0.847. The average Bonchev–Trinajstić information content (AvgIpc) is 2.38. The van der Waals surface area contributed by atoms with E-state index in [2.05, 4.69) is 5.32 Å². The molecule has 116 valence electrons. The summed E-state index contributed by atoms with van der Waals surface area (Å²) in [6, 6.07) is 9.76. The molecular weight excluding hydrogens is 266 g/mol. The van der Waals surface area contributed by atoms with Crippen LogP contribution in [0.1, 0.15) is 40.2 Å². The minimum absolute atomic E-state index is 0.0628. The number of aldehydes is 1. The number of amides is 1. The first-order valence-corrected chi connectivity index (χ1v) is 7.12. The van der Waals surface area contributed by atoms with Crippen LogP contribution in [0.2, 0.25) is 0 Å². The van der Waals surface area contributed by atoms with E-state index in [0.717, 1.165) is 11.8 Å². The summed E-state index contributed by atoms with van der Waals surface area (Å²) in [5.41, 5.74) is 0.287. The fourth-order valence-corrected chi connectivity index (χ4v) is 2.01. The molecule has 0 aliphatic rings. The Bertz CT molecular complexity index is 475. The second-order valence-corrected chi connectivity index (χ2v) is 6.80. The van der Waals surface area contributed by atoms with Crippen molar-refractivity contribution in [2.45, 2.75) is 45.6 Å². The number of carbonyl (C=O) groups is 2. The lowest BCUT2D eigenvalue weighted by atomic mass is 9.74. The zero-order valence-corrected chi connectivity index (χ0v) is 13.5. The van der Waals surface area contributed by atoms with Crippen molar-refractivity contribution >= 4 is 12.4 Å². The van der Waals surface area contributed by atoms with Gasteiger partial charge in [0.05, 0.1) is 5.92 Å². The van der Waals surface area contributed by atoms with E-state index in [4.69, 9.17) is 4.74 Å². The second-order valence-electron chi connectivity index (χ2n) is 6.80. The number of rotatable bonds is 5. The number of hydrogen-bond acceptors (Lipinski definition) is 3. The lowest BCUT2D eigenvalue weighted by Gasteiger charge is -2.31. The van der Waals surface area contributed by atoms with Gasteiger partial charge in [-0.15, -0.1) is 0 Å². The molecular formula is C17H25NO3. The Morgan fingerprint density at radius 1 is 1.19 bits per heavy atom. The summed E-state index contributed by atoms with van der Waals surface area (Å²) in [6.45, 7) is 9.64. The average molecular weight is 291 g/mol. The second kappa shape index (κ2) is 6.74. The van der Waals surface area contributed by atoms with E-state index in [1.807, 2.05) is 65.0 Å². The Hall–Kier alpha value is -1.84. The van der Waals surface area contributed by atoms with Crippen LogP contribution in [0.25, 0.3) is 0 Å². The number of ether oxygens (including phenoxy) is 1. The van der Waals surface area contributed by atoms with Gasteiger partial charge in [0.25, 0.3) is 0 Å². The molecule has 0 heterocycles. The van der Waals surface area contributed by atoms with Crippen LogP contribution in [0, 0.1) is 5.92 Å². The molecule has 21 heavy (non-hydrogen) atoms. The van der Waals surface area contributed by atoms with Gasteiger partial charge in [0, 0.05) is 11.0 Å². The molecule has 0 aliphatic carbocycles. The molecule has 0 saturated carbocycles. The molecule has 0 spiro atoms. The molecule has 0 unspecified atom stereocenters. The van der Waals surface area contributed by atoms with E-state index in [1.54, 1.807) is 0 Å². The van der Waals surface area contributed by atoms with Crippen LogP contribution in [-0.4, -0.2) is 24.5 Å². The Balaban J connectivity index is 2.71. The summed E-state index contributed by atoms with van der Waals surface area (Å²) in [5, 5.41) is 2.71. The number of benzene rings is 1. The minimum Gasteiger partial charge on any atom is -0.449 e. The zero-order chi connectivity index (χ0) is 16.1. The third kappa shape index (κ3) is 5.21. The fraction of sp³-hybridized carbons (Fsp3) is 0.529. The van der Waals surface area contributed by atoms with Gasteiger partial charge in [0.1, 0.15) is 12.9 Å². The highest BCUT2D eigenvalue weighted by atomic mass is 16.5. The number of nitrogens with one attached hydrogen (secondary N) is 1. The molecule has 4 heteroatoms. The van der Waals surface area contributed by atoms with Gasteiger partial charge >= 0.3 is 6.09 Å². The van der Waals surface area contributed by atoms with Crippen LogP contribution in [0.3, 0.4) is 0 Å². The summed E-state index contributed by atoms with van der Waals surface area (Å²) in [4.78, 5) is 23.1. The summed E-state index contributed by atoms with van der Waals surface area (Å²) >= 11 is 0. The summed E-state index contributed by atoms with van der Waals surface area (Å²) < 4.78 is 5.20. The zero-order valence-electron chi connectivity index (χ0n) is 13.5. The van der Waals surface area contributed by atoms with Crippen molar-refractivity contribution in [1.29, 1.82) is 0 Å². The van der Waals surface area contributed by atoms with Crippen LogP contribution in [0.4, 0.5) is 4.79 Å². The van der Waals surface area contributed by atoms with Crippen LogP contribution < -0.4 is 5.32 Å². The van der Waals surface area contributed by atoms with Crippen molar-refractivity contribution in [3.05, 3.63) is 35.9 Å². The fourth-order valence-electron chi connectivity index (χ4n) is 2.01. The topological polar surface area (TPSA) is 55.4 Å². The van der Waals surface area contributed by atoms with Crippen LogP contribution in [0.15, 0.2) is 30.3 Å². The molecule has 1 aromatic carbocycles. The lowest BCUT2D eigenvalue weighted by Crippen LogP contribution is -2.42. The standard InChI is InChI=1S/C17H25NO3/c1-16(2,3)18-15(20)21-12-14(11-19)17(4,5)13-9-7-6-8-10-13/h6-11,14H,12H2,1-5H3,(H,18,20)/t14-/m1/s1. The SMILES string of the molecule is CC(C)(C)NC(=O)OC[C@@H](C=O)C(C)(C)c1ccccc1. The molecule has 0 aromatic heterocycles. The molecule has 0 radical (unpaired) electrons. The van der Waals surface area contributed by atoms with Gasteiger partial charge < -0.3 is 14.8 Å². The highest BCUT2D eigenvalue weighted by Gasteiger charge is 2.32. The third-order valence-corrected chi connectivity index (χ3v) is 3.48.